The van der Waals surface area contributed by atoms with Gasteiger partial charge in [0, 0.05) is 11.8 Å². The predicted octanol–water partition coefficient (Wildman–Crippen LogP) is 1.33. The molecule has 15 heavy (non-hydrogen) atoms. The maximum Gasteiger partial charge on any atom is 0.271 e. The standard InChI is InChI=1S/C11H10N2O2/c12-10-5-8(6-13-11(10)15)7-2-1-3-9(14)4-7/h1-6,14H,12H2,(H,13,15). The highest BCUT2D eigenvalue weighted by molar-refractivity contribution is 5.66. The molecule has 4 nitrogen and oxygen atoms in total. The van der Waals surface area contributed by atoms with Crippen molar-refractivity contribution in [3.63, 3.8) is 0 Å². The second-order valence-corrected chi connectivity index (χ2v) is 3.22. The zero-order valence-corrected chi connectivity index (χ0v) is 7.90. The zero-order chi connectivity index (χ0) is 10.8. The molecule has 0 saturated heterocycles. The summed E-state index contributed by atoms with van der Waals surface area (Å²) in [5.41, 5.74) is 6.92. The number of aromatic hydroxyl groups is 1. The Hall–Kier alpha value is -2.23. The summed E-state index contributed by atoms with van der Waals surface area (Å²) >= 11 is 0. The molecule has 0 atom stereocenters. The van der Waals surface area contributed by atoms with Crippen molar-refractivity contribution in [2.45, 2.75) is 0 Å². The molecule has 76 valence electrons. The average Bonchev–Trinajstić information content (AvgIpc) is 2.22. The molecule has 0 saturated carbocycles. The fourth-order valence-electron chi connectivity index (χ4n) is 1.35. The molecule has 2 aromatic rings. The fourth-order valence-corrected chi connectivity index (χ4v) is 1.35. The normalized spacial score (nSPS) is 10.1. The summed E-state index contributed by atoms with van der Waals surface area (Å²) in [7, 11) is 0. The van der Waals surface area contributed by atoms with Crippen LogP contribution in [0.25, 0.3) is 11.1 Å². The summed E-state index contributed by atoms with van der Waals surface area (Å²) in [5.74, 6) is 0.178. The van der Waals surface area contributed by atoms with Crippen molar-refractivity contribution >= 4 is 5.69 Å². The third-order valence-electron chi connectivity index (χ3n) is 2.11. The highest BCUT2D eigenvalue weighted by Gasteiger charge is 2.01. The topological polar surface area (TPSA) is 79.1 Å². The Morgan fingerprint density at radius 2 is 2.00 bits per heavy atom. The van der Waals surface area contributed by atoms with E-state index in [-0.39, 0.29) is 17.0 Å². The summed E-state index contributed by atoms with van der Waals surface area (Å²) in [6, 6.07) is 8.32. The third kappa shape index (κ3) is 1.83. The molecule has 1 aromatic heterocycles. The molecule has 2 rings (SSSR count). The van der Waals surface area contributed by atoms with Crippen LogP contribution in [0.4, 0.5) is 5.69 Å². The maximum absolute atomic E-state index is 11.0. The Morgan fingerprint density at radius 3 is 2.67 bits per heavy atom. The number of phenolic OH excluding ortho intramolecular Hbond substituents is 1. The number of rotatable bonds is 1. The van der Waals surface area contributed by atoms with Crippen LogP contribution in [0.2, 0.25) is 0 Å². The van der Waals surface area contributed by atoms with Crippen molar-refractivity contribution in [1.29, 1.82) is 0 Å². The van der Waals surface area contributed by atoms with Crippen LogP contribution in [0.1, 0.15) is 0 Å². The van der Waals surface area contributed by atoms with Crippen molar-refractivity contribution in [3.05, 3.63) is 46.9 Å². The first-order valence-corrected chi connectivity index (χ1v) is 4.44. The smallest absolute Gasteiger partial charge is 0.271 e. The van der Waals surface area contributed by atoms with Crippen molar-refractivity contribution < 1.29 is 5.11 Å². The molecule has 0 aliphatic carbocycles. The van der Waals surface area contributed by atoms with Gasteiger partial charge in [0.15, 0.2) is 0 Å². The molecular weight excluding hydrogens is 192 g/mol. The van der Waals surface area contributed by atoms with E-state index in [0.29, 0.717) is 0 Å². The number of nitrogen functional groups attached to an aromatic ring is 1. The SMILES string of the molecule is Nc1cc(-c2cccc(O)c2)c[nH]c1=O. The van der Waals surface area contributed by atoms with E-state index in [9.17, 15) is 9.90 Å². The van der Waals surface area contributed by atoms with Crippen LogP contribution in [0, 0.1) is 0 Å². The van der Waals surface area contributed by atoms with E-state index in [1.54, 1.807) is 30.5 Å². The van der Waals surface area contributed by atoms with Crippen LogP contribution in [-0.2, 0) is 0 Å². The van der Waals surface area contributed by atoms with Crippen LogP contribution in [0.5, 0.6) is 5.75 Å². The summed E-state index contributed by atoms with van der Waals surface area (Å²) in [6.07, 6.45) is 1.56. The number of benzene rings is 1. The fraction of sp³-hybridized carbons (Fsp3) is 0. The van der Waals surface area contributed by atoms with Gasteiger partial charge in [0.1, 0.15) is 5.75 Å². The van der Waals surface area contributed by atoms with Gasteiger partial charge in [-0.25, -0.2) is 0 Å². The Labute approximate surface area is 86.0 Å². The number of aromatic amines is 1. The molecular formula is C11H10N2O2. The lowest BCUT2D eigenvalue weighted by Gasteiger charge is -2.02. The van der Waals surface area contributed by atoms with Gasteiger partial charge >= 0.3 is 0 Å². The van der Waals surface area contributed by atoms with Crippen LogP contribution >= 0.6 is 0 Å². The molecule has 4 N–H and O–H groups in total. The van der Waals surface area contributed by atoms with Gasteiger partial charge in [-0.3, -0.25) is 4.79 Å². The molecule has 0 spiro atoms. The molecule has 1 aromatic carbocycles. The molecule has 4 heteroatoms. The predicted molar refractivity (Wildman–Crippen MR) is 58.6 cm³/mol. The van der Waals surface area contributed by atoms with Crippen LogP contribution in [0.15, 0.2) is 41.3 Å². The lowest BCUT2D eigenvalue weighted by Crippen LogP contribution is -2.10. The number of phenols is 1. The first kappa shape index (κ1) is 9.33. The van der Waals surface area contributed by atoms with E-state index in [1.807, 2.05) is 6.07 Å². The monoisotopic (exact) mass is 202 g/mol. The lowest BCUT2D eigenvalue weighted by atomic mass is 10.1. The number of hydrogen-bond acceptors (Lipinski definition) is 3. The number of hydrogen-bond donors (Lipinski definition) is 3. The zero-order valence-electron chi connectivity index (χ0n) is 7.90. The number of anilines is 1. The minimum Gasteiger partial charge on any atom is -0.508 e. The number of aromatic nitrogens is 1. The molecule has 0 fully saturated rings. The second-order valence-electron chi connectivity index (χ2n) is 3.22. The Morgan fingerprint density at radius 1 is 1.20 bits per heavy atom. The van der Waals surface area contributed by atoms with Crippen LogP contribution in [-0.4, -0.2) is 10.1 Å². The molecule has 0 aliphatic heterocycles. The largest absolute Gasteiger partial charge is 0.508 e. The van der Waals surface area contributed by atoms with Gasteiger partial charge in [-0.05, 0) is 23.8 Å². The number of H-pyrrole nitrogens is 1. The van der Waals surface area contributed by atoms with E-state index in [1.165, 1.54) is 0 Å². The number of pyridine rings is 1. The van der Waals surface area contributed by atoms with Crippen molar-refractivity contribution in [2.75, 3.05) is 5.73 Å². The summed E-state index contributed by atoms with van der Waals surface area (Å²) < 4.78 is 0. The van der Waals surface area contributed by atoms with E-state index in [4.69, 9.17) is 5.73 Å². The van der Waals surface area contributed by atoms with E-state index >= 15 is 0 Å². The molecule has 0 aliphatic rings. The minimum atomic E-state index is -0.307. The summed E-state index contributed by atoms with van der Waals surface area (Å²) in [5, 5.41) is 9.30. The Balaban J connectivity index is 2.55. The average molecular weight is 202 g/mol. The Kier molecular flexibility index (Phi) is 2.17. The van der Waals surface area contributed by atoms with Gasteiger partial charge in [0.25, 0.3) is 5.56 Å². The third-order valence-corrected chi connectivity index (χ3v) is 2.11. The first-order valence-electron chi connectivity index (χ1n) is 4.44. The van der Waals surface area contributed by atoms with Gasteiger partial charge in [0.05, 0.1) is 5.69 Å². The van der Waals surface area contributed by atoms with Crippen LogP contribution in [0.3, 0.4) is 0 Å². The van der Waals surface area contributed by atoms with E-state index in [2.05, 4.69) is 4.98 Å². The van der Waals surface area contributed by atoms with Crippen molar-refractivity contribution in [2.24, 2.45) is 0 Å². The molecule has 0 radical (unpaired) electrons. The van der Waals surface area contributed by atoms with Gasteiger partial charge in [-0.2, -0.15) is 0 Å². The lowest BCUT2D eigenvalue weighted by molar-refractivity contribution is 0.475. The molecule has 0 amide bonds. The van der Waals surface area contributed by atoms with Crippen molar-refractivity contribution in [3.8, 4) is 16.9 Å². The molecule has 0 bridgehead atoms. The Bertz CT molecular complexity index is 546. The minimum absolute atomic E-state index is 0.163. The van der Waals surface area contributed by atoms with Gasteiger partial charge in [-0.15, -0.1) is 0 Å². The quantitative estimate of drug-likeness (QED) is 0.652. The molecule has 1 heterocycles. The second kappa shape index (κ2) is 3.49. The summed E-state index contributed by atoms with van der Waals surface area (Å²) in [6.45, 7) is 0. The highest BCUT2D eigenvalue weighted by atomic mass is 16.3. The van der Waals surface area contributed by atoms with E-state index in [0.717, 1.165) is 11.1 Å². The van der Waals surface area contributed by atoms with Gasteiger partial charge in [0.2, 0.25) is 0 Å². The van der Waals surface area contributed by atoms with E-state index < -0.39 is 0 Å². The number of nitrogens with two attached hydrogens (primary N) is 1. The van der Waals surface area contributed by atoms with Crippen molar-refractivity contribution in [1.82, 2.24) is 4.98 Å². The number of nitrogens with one attached hydrogen (secondary N) is 1. The first-order chi connectivity index (χ1) is 7.16. The summed E-state index contributed by atoms with van der Waals surface area (Å²) in [4.78, 5) is 13.6. The van der Waals surface area contributed by atoms with Gasteiger partial charge in [-0.1, -0.05) is 12.1 Å². The van der Waals surface area contributed by atoms with Crippen LogP contribution < -0.4 is 11.3 Å². The maximum atomic E-state index is 11.0. The molecule has 0 unspecified atom stereocenters. The van der Waals surface area contributed by atoms with Gasteiger partial charge < -0.3 is 15.8 Å². The highest BCUT2D eigenvalue weighted by Crippen LogP contribution is 2.22.